The van der Waals surface area contributed by atoms with E-state index >= 15 is 0 Å². The van der Waals surface area contributed by atoms with Gasteiger partial charge in [0, 0.05) is 5.39 Å². The molecule has 22 heavy (non-hydrogen) atoms. The van der Waals surface area contributed by atoms with Crippen LogP contribution < -0.4 is 5.32 Å². The molecule has 0 spiro atoms. The molecule has 4 aromatic rings. The van der Waals surface area contributed by atoms with Gasteiger partial charge in [0.25, 0.3) is 5.91 Å². The van der Waals surface area contributed by atoms with Crippen molar-refractivity contribution < 1.29 is 13.6 Å². The summed E-state index contributed by atoms with van der Waals surface area (Å²) in [6, 6.07) is 17.3. The van der Waals surface area contributed by atoms with E-state index in [4.69, 9.17) is 8.83 Å². The number of benzene rings is 2. The van der Waals surface area contributed by atoms with E-state index in [1.54, 1.807) is 18.4 Å². The molecule has 2 aromatic heterocycles. The molecule has 0 aliphatic rings. The maximum atomic E-state index is 12.2. The third-order valence-corrected chi connectivity index (χ3v) is 3.65. The Morgan fingerprint density at radius 2 is 1.91 bits per heavy atom. The zero-order valence-corrected chi connectivity index (χ0v) is 11.7. The van der Waals surface area contributed by atoms with Gasteiger partial charge < -0.3 is 14.2 Å². The molecule has 108 valence electrons. The molecular weight excluding hydrogens is 278 g/mol. The largest absolute Gasteiger partial charge is 0.467 e. The predicted octanol–water partition coefficient (Wildman–Crippen LogP) is 4.11. The molecule has 2 aromatic carbocycles. The molecule has 4 nitrogen and oxygen atoms in total. The Kier molecular flexibility index (Phi) is 2.93. The van der Waals surface area contributed by atoms with E-state index in [9.17, 15) is 4.79 Å². The van der Waals surface area contributed by atoms with Crippen LogP contribution in [0.3, 0.4) is 0 Å². The van der Waals surface area contributed by atoms with Crippen molar-refractivity contribution in [2.75, 3.05) is 0 Å². The summed E-state index contributed by atoms with van der Waals surface area (Å²) >= 11 is 0. The number of hydrogen-bond donors (Lipinski definition) is 1. The first-order chi connectivity index (χ1) is 10.8. The molecule has 0 atom stereocenters. The van der Waals surface area contributed by atoms with Crippen LogP contribution in [0.1, 0.15) is 16.3 Å². The lowest BCUT2D eigenvalue weighted by atomic mass is 10.1. The molecule has 0 saturated heterocycles. The lowest BCUT2D eigenvalue weighted by Crippen LogP contribution is -2.21. The van der Waals surface area contributed by atoms with Crippen LogP contribution in [-0.2, 0) is 6.54 Å². The van der Waals surface area contributed by atoms with Crippen LogP contribution in [-0.4, -0.2) is 5.91 Å². The molecule has 0 unspecified atom stereocenters. The van der Waals surface area contributed by atoms with Crippen molar-refractivity contribution >= 4 is 27.6 Å². The molecule has 1 N–H and O–H groups in total. The minimum atomic E-state index is -0.253. The maximum absolute atomic E-state index is 12.2. The van der Waals surface area contributed by atoms with Crippen LogP contribution in [0, 0.1) is 0 Å². The Bertz CT molecular complexity index is 951. The van der Waals surface area contributed by atoms with Crippen molar-refractivity contribution in [1.82, 2.24) is 5.32 Å². The topological polar surface area (TPSA) is 55.4 Å². The molecule has 0 aliphatic heterocycles. The Morgan fingerprint density at radius 3 is 2.77 bits per heavy atom. The normalized spacial score (nSPS) is 11.1. The van der Waals surface area contributed by atoms with Gasteiger partial charge in [0.15, 0.2) is 5.76 Å². The number of nitrogens with one attached hydrogen (secondary N) is 1. The first-order valence-electron chi connectivity index (χ1n) is 7.03. The van der Waals surface area contributed by atoms with Gasteiger partial charge in [0.05, 0.1) is 12.8 Å². The number of carbonyl (C=O) groups excluding carboxylic acids is 1. The molecule has 0 aliphatic carbocycles. The third-order valence-electron chi connectivity index (χ3n) is 3.65. The number of amides is 1. The van der Waals surface area contributed by atoms with Crippen LogP contribution in [0.2, 0.25) is 0 Å². The van der Waals surface area contributed by atoms with Gasteiger partial charge in [-0.3, -0.25) is 4.79 Å². The van der Waals surface area contributed by atoms with Crippen molar-refractivity contribution in [3.63, 3.8) is 0 Å². The van der Waals surface area contributed by atoms with Crippen LogP contribution in [0.4, 0.5) is 0 Å². The maximum Gasteiger partial charge on any atom is 0.287 e. The molecule has 0 bridgehead atoms. The Hall–Kier alpha value is -3.01. The molecule has 4 rings (SSSR count). The second-order valence-electron chi connectivity index (χ2n) is 5.07. The summed E-state index contributed by atoms with van der Waals surface area (Å²) in [4.78, 5) is 12.2. The van der Waals surface area contributed by atoms with E-state index in [0.29, 0.717) is 23.6 Å². The number of furan rings is 2. The average Bonchev–Trinajstić information content (AvgIpc) is 3.21. The Morgan fingerprint density at radius 1 is 1.00 bits per heavy atom. The van der Waals surface area contributed by atoms with Crippen molar-refractivity contribution in [3.05, 3.63) is 72.4 Å². The van der Waals surface area contributed by atoms with Crippen molar-refractivity contribution in [1.29, 1.82) is 0 Å². The highest BCUT2D eigenvalue weighted by Gasteiger charge is 2.14. The lowest BCUT2D eigenvalue weighted by molar-refractivity contribution is 0.0922. The summed E-state index contributed by atoms with van der Waals surface area (Å²) in [7, 11) is 0. The van der Waals surface area contributed by atoms with E-state index < -0.39 is 0 Å². The summed E-state index contributed by atoms with van der Waals surface area (Å²) < 4.78 is 10.9. The SMILES string of the molecule is O=C(NCc1ccco1)c1cc2c(ccc3ccccc32)o1. The summed E-state index contributed by atoms with van der Waals surface area (Å²) in [5.41, 5.74) is 0.710. The third kappa shape index (κ3) is 2.15. The molecule has 0 saturated carbocycles. The second kappa shape index (κ2) is 5.07. The number of fused-ring (bicyclic) bond motifs is 3. The lowest BCUT2D eigenvalue weighted by Gasteiger charge is -1.99. The summed E-state index contributed by atoms with van der Waals surface area (Å²) in [6.07, 6.45) is 1.58. The molecule has 1 amide bonds. The minimum Gasteiger partial charge on any atom is -0.467 e. The van der Waals surface area contributed by atoms with Gasteiger partial charge >= 0.3 is 0 Å². The van der Waals surface area contributed by atoms with Gasteiger partial charge in [-0.25, -0.2) is 0 Å². The molecule has 0 fully saturated rings. The van der Waals surface area contributed by atoms with E-state index in [1.165, 1.54) is 0 Å². The fourth-order valence-corrected chi connectivity index (χ4v) is 2.57. The highest BCUT2D eigenvalue weighted by Crippen LogP contribution is 2.28. The summed E-state index contributed by atoms with van der Waals surface area (Å²) in [6.45, 7) is 0.337. The number of rotatable bonds is 3. The van der Waals surface area contributed by atoms with Gasteiger partial charge in [-0.15, -0.1) is 0 Å². The zero-order chi connectivity index (χ0) is 14.9. The summed E-state index contributed by atoms with van der Waals surface area (Å²) in [5, 5.41) is 5.93. The predicted molar refractivity (Wildman–Crippen MR) is 83.6 cm³/mol. The Balaban J connectivity index is 1.67. The second-order valence-corrected chi connectivity index (χ2v) is 5.07. The van der Waals surface area contributed by atoms with Gasteiger partial charge in [-0.1, -0.05) is 30.3 Å². The van der Waals surface area contributed by atoms with Gasteiger partial charge in [-0.05, 0) is 35.0 Å². The summed E-state index contributed by atoms with van der Waals surface area (Å²) in [5.74, 6) is 0.754. The van der Waals surface area contributed by atoms with Gasteiger partial charge in [0.2, 0.25) is 0 Å². The van der Waals surface area contributed by atoms with E-state index in [-0.39, 0.29) is 5.91 Å². The van der Waals surface area contributed by atoms with Crippen LogP contribution in [0.5, 0.6) is 0 Å². The standard InChI is InChI=1S/C18H13NO3/c20-18(19-11-13-5-3-9-21-13)17-10-15-14-6-2-1-4-12(14)7-8-16(15)22-17/h1-10H,11H2,(H,19,20). The van der Waals surface area contributed by atoms with Crippen molar-refractivity contribution in [2.24, 2.45) is 0 Å². The van der Waals surface area contributed by atoms with Crippen LogP contribution in [0.25, 0.3) is 21.7 Å². The number of hydrogen-bond acceptors (Lipinski definition) is 3. The highest BCUT2D eigenvalue weighted by molar-refractivity contribution is 6.08. The van der Waals surface area contributed by atoms with Crippen molar-refractivity contribution in [3.8, 4) is 0 Å². The van der Waals surface area contributed by atoms with E-state index in [2.05, 4.69) is 5.32 Å². The minimum absolute atomic E-state index is 0.253. The van der Waals surface area contributed by atoms with E-state index in [0.717, 1.165) is 16.2 Å². The fourth-order valence-electron chi connectivity index (χ4n) is 2.57. The Labute approximate surface area is 126 Å². The fraction of sp³-hybridized carbons (Fsp3) is 0.0556. The average molecular weight is 291 g/mol. The van der Waals surface area contributed by atoms with Gasteiger partial charge in [0.1, 0.15) is 11.3 Å². The zero-order valence-electron chi connectivity index (χ0n) is 11.7. The number of carbonyl (C=O) groups is 1. The first kappa shape index (κ1) is 12.7. The van der Waals surface area contributed by atoms with Crippen LogP contribution in [0.15, 0.2) is 69.7 Å². The van der Waals surface area contributed by atoms with Crippen LogP contribution >= 0.6 is 0 Å². The molecule has 2 heterocycles. The van der Waals surface area contributed by atoms with Gasteiger partial charge in [-0.2, -0.15) is 0 Å². The monoisotopic (exact) mass is 291 g/mol. The first-order valence-corrected chi connectivity index (χ1v) is 7.03. The van der Waals surface area contributed by atoms with E-state index in [1.807, 2.05) is 42.5 Å². The smallest absolute Gasteiger partial charge is 0.287 e. The quantitative estimate of drug-likeness (QED) is 0.618. The highest BCUT2D eigenvalue weighted by atomic mass is 16.3. The van der Waals surface area contributed by atoms with Crippen molar-refractivity contribution in [2.45, 2.75) is 6.54 Å². The molecule has 0 radical (unpaired) electrons. The molecular formula is C18H13NO3. The molecule has 4 heteroatoms.